The van der Waals surface area contributed by atoms with Crippen molar-refractivity contribution < 1.29 is 4.74 Å². The molecule has 0 radical (unpaired) electrons. The van der Waals surface area contributed by atoms with Crippen LogP contribution in [0.2, 0.25) is 0 Å². The highest BCUT2D eigenvalue weighted by atomic mass is 32.1. The molecule has 2 N–H and O–H groups in total. The van der Waals surface area contributed by atoms with Gasteiger partial charge in [0.15, 0.2) is 5.11 Å². The fourth-order valence-corrected chi connectivity index (χ4v) is 3.64. The van der Waals surface area contributed by atoms with E-state index in [0.29, 0.717) is 18.3 Å². The van der Waals surface area contributed by atoms with Crippen LogP contribution in [-0.2, 0) is 13.1 Å². The van der Waals surface area contributed by atoms with Gasteiger partial charge in [0.1, 0.15) is 12.4 Å². The van der Waals surface area contributed by atoms with Crippen molar-refractivity contribution in [2.45, 2.75) is 20.0 Å². The molecule has 32 heavy (non-hydrogen) atoms. The number of hydrazone groups is 1. The molecule has 0 saturated carbocycles. The van der Waals surface area contributed by atoms with Crippen LogP contribution in [0, 0.1) is 6.92 Å². The summed E-state index contributed by atoms with van der Waals surface area (Å²) in [6, 6.07) is 26.5. The third-order valence-corrected chi connectivity index (χ3v) is 5.40. The summed E-state index contributed by atoms with van der Waals surface area (Å²) in [7, 11) is 0. The van der Waals surface area contributed by atoms with Crippen molar-refractivity contribution in [3.05, 3.63) is 102 Å². The van der Waals surface area contributed by atoms with Gasteiger partial charge in [0.05, 0.1) is 12.8 Å². The molecule has 0 aliphatic heterocycles. The highest BCUT2D eigenvalue weighted by Crippen LogP contribution is 2.21. The molecule has 3 aromatic carbocycles. The van der Waals surface area contributed by atoms with Crippen LogP contribution in [0.4, 0.5) is 0 Å². The summed E-state index contributed by atoms with van der Waals surface area (Å²) in [5, 5.41) is 9.12. The van der Waals surface area contributed by atoms with Gasteiger partial charge < -0.3 is 14.6 Å². The van der Waals surface area contributed by atoms with Crippen LogP contribution in [0.25, 0.3) is 10.9 Å². The third kappa shape index (κ3) is 5.53. The number of fused-ring (bicyclic) bond motifs is 1. The second-order valence-corrected chi connectivity index (χ2v) is 7.86. The van der Waals surface area contributed by atoms with Crippen LogP contribution in [0.15, 0.2) is 90.2 Å². The molecule has 0 fully saturated rings. The topological polar surface area (TPSA) is 50.6 Å². The van der Waals surface area contributed by atoms with Crippen molar-refractivity contribution >= 4 is 34.4 Å². The van der Waals surface area contributed by atoms with Crippen molar-refractivity contribution in [2.24, 2.45) is 5.10 Å². The van der Waals surface area contributed by atoms with Gasteiger partial charge in [-0.3, -0.25) is 5.43 Å². The minimum atomic E-state index is 0.487. The maximum absolute atomic E-state index is 5.98. The molecular weight excluding hydrogens is 416 g/mol. The lowest BCUT2D eigenvalue weighted by Crippen LogP contribution is -2.31. The van der Waals surface area contributed by atoms with Crippen LogP contribution < -0.4 is 15.5 Å². The first kappa shape index (κ1) is 21.6. The molecule has 0 atom stereocenters. The number of aryl methyl sites for hydroxylation is 1. The van der Waals surface area contributed by atoms with Crippen LogP contribution >= 0.6 is 12.2 Å². The van der Waals surface area contributed by atoms with E-state index in [-0.39, 0.29) is 0 Å². The molecule has 1 heterocycles. The Bertz CT molecular complexity index is 1220. The summed E-state index contributed by atoms with van der Waals surface area (Å²) in [6.45, 7) is 4.04. The van der Waals surface area contributed by atoms with Gasteiger partial charge in [-0.25, -0.2) is 0 Å². The average molecular weight is 443 g/mol. The van der Waals surface area contributed by atoms with Gasteiger partial charge in [0.25, 0.3) is 0 Å². The summed E-state index contributed by atoms with van der Waals surface area (Å²) in [6.07, 6.45) is 3.90. The molecule has 0 unspecified atom stereocenters. The van der Waals surface area contributed by atoms with Crippen molar-refractivity contribution in [1.29, 1.82) is 0 Å². The maximum Gasteiger partial charge on any atom is 0.187 e. The zero-order chi connectivity index (χ0) is 22.2. The van der Waals surface area contributed by atoms with E-state index < -0.39 is 0 Å². The first-order valence-electron chi connectivity index (χ1n) is 10.6. The highest BCUT2D eigenvalue weighted by molar-refractivity contribution is 7.80. The lowest BCUT2D eigenvalue weighted by molar-refractivity contribution is 0.298. The number of nitrogens with one attached hydrogen (secondary N) is 2. The summed E-state index contributed by atoms with van der Waals surface area (Å²) < 4.78 is 8.18. The molecule has 0 amide bonds. The SMILES string of the molecule is Cc1ccccc1OCCn1cc(/C=N/NC(=S)NCc2ccccc2)c2ccccc21. The van der Waals surface area contributed by atoms with Crippen LogP contribution in [0.1, 0.15) is 16.7 Å². The van der Waals surface area contributed by atoms with E-state index in [2.05, 4.69) is 63.9 Å². The first-order chi connectivity index (χ1) is 15.7. The van der Waals surface area contributed by atoms with Crippen LogP contribution in [0.3, 0.4) is 0 Å². The Morgan fingerprint density at radius 1 is 1.00 bits per heavy atom. The molecule has 1 aromatic heterocycles. The van der Waals surface area contributed by atoms with Gasteiger partial charge >= 0.3 is 0 Å². The monoisotopic (exact) mass is 442 g/mol. The highest BCUT2D eigenvalue weighted by Gasteiger charge is 2.07. The Labute approximate surface area is 193 Å². The second kappa shape index (κ2) is 10.6. The van der Waals surface area contributed by atoms with Crippen LogP contribution in [-0.4, -0.2) is 22.5 Å². The number of aromatic nitrogens is 1. The summed E-state index contributed by atoms with van der Waals surface area (Å²) in [5.41, 5.74) is 7.37. The van der Waals surface area contributed by atoms with Gasteiger partial charge in [0.2, 0.25) is 0 Å². The Hall–Kier alpha value is -3.64. The number of benzene rings is 3. The Morgan fingerprint density at radius 2 is 1.75 bits per heavy atom. The van der Waals surface area contributed by atoms with E-state index in [1.807, 2.05) is 48.5 Å². The molecular formula is C26H26N4OS. The number of para-hydroxylation sites is 2. The number of hydrogen-bond donors (Lipinski definition) is 2. The van der Waals surface area contributed by atoms with E-state index in [0.717, 1.165) is 39.9 Å². The molecule has 0 aliphatic carbocycles. The molecule has 4 rings (SSSR count). The minimum absolute atomic E-state index is 0.487. The fraction of sp³-hybridized carbons (Fsp3) is 0.154. The van der Waals surface area contributed by atoms with Crippen LogP contribution in [0.5, 0.6) is 5.75 Å². The molecule has 4 aromatic rings. The number of nitrogens with zero attached hydrogens (tertiary/aromatic N) is 2. The predicted molar refractivity (Wildman–Crippen MR) is 135 cm³/mol. The number of hydrogen-bond acceptors (Lipinski definition) is 3. The number of ether oxygens (including phenoxy) is 1. The largest absolute Gasteiger partial charge is 0.491 e. The zero-order valence-corrected chi connectivity index (χ0v) is 18.8. The number of rotatable bonds is 8. The Kier molecular flexibility index (Phi) is 7.15. The summed E-state index contributed by atoms with van der Waals surface area (Å²) in [4.78, 5) is 0. The number of thiocarbonyl (C=S) groups is 1. The maximum atomic E-state index is 5.98. The second-order valence-electron chi connectivity index (χ2n) is 7.45. The molecule has 6 heteroatoms. The molecule has 0 bridgehead atoms. The standard InChI is InChI=1S/C26H26N4OS/c1-20-9-5-8-14-25(20)31-16-15-30-19-22(23-12-6-7-13-24(23)30)18-28-29-26(32)27-17-21-10-3-2-4-11-21/h2-14,18-19H,15-17H2,1H3,(H2,27,29,32)/b28-18+. The Morgan fingerprint density at radius 3 is 2.59 bits per heavy atom. The van der Waals surface area contributed by atoms with E-state index in [1.165, 1.54) is 0 Å². The molecule has 5 nitrogen and oxygen atoms in total. The first-order valence-corrected chi connectivity index (χ1v) is 11.0. The van der Waals surface area contributed by atoms with Crippen molar-refractivity contribution in [1.82, 2.24) is 15.3 Å². The van der Waals surface area contributed by atoms with Crippen molar-refractivity contribution in [3.63, 3.8) is 0 Å². The van der Waals surface area contributed by atoms with Gasteiger partial charge in [-0.05, 0) is 42.4 Å². The molecule has 162 valence electrons. The normalized spacial score (nSPS) is 11.0. The predicted octanol–water partition coefficient (Wildman–Crippen LogP) is 5.03. The van der Waals surface area contributed by atoms with E-state index >= 15 is 0 Å². The van der Waals surface area contributed by atoms with Crippen molar-refractivity contribution in [3.8, 4) is 5.75 Å². The van der Waals surface area contributed by atoms with Gasteiger partial charge in [0, 0.05) is 29.2 Å². The molecule has 0 spiro atoms. The quantitative estimate of drug-likeness (QED) is 0.228. The lowest BCUT2D eigenvalue weighted by Gasteiger charge is -2.10. The van der Waals surface area contributed by atoms with E-state index in [4.69, 9.17) is 17.0 Å². The average Bonchev–Trinajstić information content (AvgIpc) is 3.17. The van der Waals surface area contributed by atoms with Gasteiger partial charge in [-0.1, -0.05) is 66.7 Å². The summed E-state index contributed by atoms with van der Waals surface area (Å²) in [5.74, 6) is 0.923. The zero-order valence-electron chi connectivity index (χ0n) is 18.0. The van der Waals surface area contributed by atoms with Gasteiger partial charge in [-0.15, -0.1) is 0 Å². The molecule has 0 saturated heterocycles. The molecule has 0 aliphatic rings. The minimum Gasteiger partial charge on any atom is -0.491 e. The third-order valence-electron chi connectivity index (χ3n) is 5.17. The van der Waals surface area contributed by atoms with E-state index in [1.54, 1.807) is 6.21 Å². The lowest BCUT2D eigenvalue weighted by atomic mass is 10.2. The van der Waals surface area contributed by atoms with Crippen molar-refractivity contribution in [2.75, 3.05) is 6.61 Å². The van der Waals surface area contributed by atoms with Gasteiger partial charge in [-0.2, -0.15) is 5.10 Å². The Balaban J connectivity index is 1.37. The summed E-state index contributed by atoms with van der Waals surface area (Å²) >= 11 is 5.33. The smallest absolute Gasteiger partial charge is 0.187 e. The van der Waals surface area contributed by atoms with E-state index in [9.17, 15) is 0 Å². The fourth-order valence-electron chi connectivity index (χ4n) is 3.51.